The molecule has 7 nitrogen and oxygen atoms in total. The molecule has 0 aliphatic carbocycles. The minimum atomic E-state index is -0.712. The molecular formula is C18H19N5O2. The lowest BCUT2D eigenvalue weighted by Crippen LogP contribution is -2.38. The Bertz CT molecular complexity index is 775. The number of aromatic nitrogens is 2. The molecule has 1 fully saturated rings. The van der Waals surface area contributed by atoms with E-state index in [1.54, 1.807) is 4.90 Å². The number of β-amino-alcohol motifs (C(OH)–C–C–N with tert-alkyl or cyclic N) is 1. The number of benzene rings is 1. The van der Waals surface area contributed by atoms with Gasteiger partial charge in [-0.2, -0.15) is 5.26 Å². The average molecular weight is 337 g/mol. The normalized spacial score (nSPS) is 17.7. The summed E-state index contributed by atoms with van der Waals surface area (Å²) in [5, 5.41) is 19.5. The van der Waals surface area contributed by atoms with Crippen LogP contribution in [0.5, 0.6) is 0 Å². The molecule has 2 aromatic rings. The zero-order valence-corrected chi connectivity index (χ0v) is 13.7. The summed E-state index contributed by atoms with van der Waals surface area (Å²) in [7, 11) is 0. The molecule has 1 saturated heterocycles. The smallest absolute Gasteiger partial charge is 0.227 e. The Morgan fingerprint density at radius 1 is 1.20 bits per heavy atom. The molecule has 128 valence electrons. The van der Waals surface area contributed by atoms with Crippen LogP contribution in [0.25, 0.3) is 0 Å². The largest absolute Gasteiger partial charge is 0.389 e. The minimum Gasteiger partial charge on any atom is -0.389 e. The lowest BCUT2D eigenvalue weighted by atomic mass is 10.1. The molecule has 1 unspecified atom stereocenters. The SMILES string of the molecule is N#Cc1nccnc1N1CCN(C(=O)Cc2ccccc2)CC(O)C1. The third-order valence-corrected chi connectivity index (χ3v) is 4.14. The van der Waals surface area contributed by atoms with Gasteiger partial charge in [0.05, 0.1) is 12.5 Å². The Balaban J connectivity index is 1.71. The van der Waals surface area contributed by atoms with Crippen LogP contribution in [0.3, 0.4) is 0 Å². The molecule has 1 aliphatic rings. The van der Waals surface area contributed by atoms with Crippen molar-refractivity contribution in [3.8, 4) is 6.07 Å². The van der Waals surface area contributed by atoms with Crippen LogP contribution in [0.4, 0.5) is 5.82 Å². The van der Waals surface area contributed by atoms with E-state index in [9.17, 15) is 15.2 Å². The monoisotopic (exact) mass is 337 g/mol. The van der Waals surface area contributed by atoms with E-state index in [-0.39, 0.29) is 18.1 Å². The van der Waals surface area contributed by atoms with E-state index in [0.29, 0.717) is 31.9 Å². The van der Waals surface area contributed by atoms with Crippen LogP contribution in [0.15, 0.2) is 42.7 Å². The standard InChI is InChI=1S/C18H19N5O2/c19-11-16-18(21-7-6-20-16)23-9-8-22(12-15(24)13-23)17(25)10-14-4-2-1-3-5-14/h1-7,15,24H,8-10,12-13H2. The number of rotatable bonds is 3. The molecule has 1 N–H and O–H groups in total. The molecule has 0 radical (unpaired) electrons. The topological polar surface area (TPSA) is 93.4 Å². The number of aliphatic hydroxyl groups is 1. The number of nitriles is 1. The fraction of sp³-hybridized carbons (Fsp3) is 0.333. The zero-order valence-electron chi connectivity index (χ0n) is 13.7. The second-order valence-corrected chi connectivity index (χ2v) is 5.94. The fourth-order valence-corrected chi connectivity index (χ4v) is 2.93. The molecule has 1 atom stereocenters. The Labute approximate surface area is 146 Å². The molecule has 3 rings (SSSR count). The first kappa shape index (κ1) is 16.9. The maximum absolute atomic E-state index is 12.5. The van der Waals surface area contributed by atoms with Gasteiger partial charge in [-0.3, -0.25) is 4.79 Å². The first-order chi connectivity index (χ1) is 12.2. The van der Waals surface area contributed by atoms with E-state index < -0.39 is 6.10 Å². The van der Waals surface area contributed by atoms with Crippen LogP contribution in [0.1, 0.15) is 11.3 Å². The number of carbonyl (C=O) groups excluding carboxylic acids is 1. The van der Waals surface area contributed by atoms with E-state index in [4.69, 9.17) is 0 Å². The van der Waals surface area contributed by atoms with Gasteiger partial charge in [0.15, 0.2) is 11.5 Å². The van der Waals surface area contributed by atoms with Crippen LogP contribution in [-0.4, -0.2) is 58.2 Å². The van der Waals surface area contributed by atoms with Crippen LogP contribution in [-0.2, 0) is 11.2 Å². The Morgan fingerprint density at radius 3 is 2.72 bits per heavy atom. The van der Waals surface area contributed by atoms with Crippen molar-refractivity contribution in [2.24, 2.45) is 0 Å². The maximum Gasteiger partial charge on any atom is 0.227 e. The molecular weight excluding hydrogens is 318 g/mol. The number of carbonyl (C=O) groups is 1. The van der Waals surface area contributed by atoms with Crippen LogP contribution >= 0.6 is 0 Å². The van der Waals surface area contributed by atoms with Gasteiger partial charge in [0.1, 0.15) is 6.07 Å². The molecule has 0 saturated carbocycles. The molecule has 1 amide bonds. The Kier molecular flexibility index (Phi) is 5.21. The van der Waals surface area contributed by atoms with E-state index in [1.807, 2.05) is 41.3 Å². The second-order valence-electron chi connectivity index (χ2n) is 5.94. The van der Waals surface area contributed by atoms with Crippen molar-refractivity contribution in [2.45, 2.75) is 12.5 Å². The zero-order chi connectivity index (χ0) is 17.6. The summed E-state index contributed by atoms with van der Waals surface area (Å²) in [5.41, 5.74) is 1.17. The van der Waals surface area contributed by atoms with E-state index in [0.717, 1.165) is 5.56 Å². The third kappa shape index (κ3) is 4.11. The van der Waals surface area contributed by atoms with Crippen molar-refractivity contribution in [2.75, 3.05) is 31.1 Å². The van der Waals surface area contributed by atoms with Gasteiger partial charge >= 0.3 is 0 Å². The number of hydrogen-bond donors (Lipinski definition) is 1. The van der Waals surface area contributed by atoms with Gasteiger partial charge in [-0.05, 0) is 5.56 Å². The Hall–Kier alpha value is -2.98. The summed E-state index contributed by atoms with van der Waals surface area (Å²) in [6, 6.07) is 11.6. The quantitative estimate of drug-likeness (QED) is 0.882. The van der Waals surface area contributed by atoms with E-state index in [2.05, 4.69) is 9.97 Å². The minimum absolute atomic E-state index is 0.0215. The highest BCUT2D eigenvalue weighted by atomic mass is 16.3. The first-order valence-corrected chi connectivity index (χ1v) is 8.13. The molecule has 25 heavy (non-hydrogen) atoms. The number of hydrogen-bond acceptors (Lipinski definition) is 6. The summed E-state index contributed by atoms with van der Waals surface area (Å²) in [6.07, 6.45) is 2.58. The second kappa shape index (κ2) is 7.73. The number of nitrogens with zero attached hydrogens (tertiary/aromatic N) is 5. The van der Waals surface area contributed by atoms with Crippen molar-refractivity contribution in [1.82, 2.24) is 14.9 Å². The van der Waals surface area contributed by atoms with Gasteiger partial charge in [-0.1, -0.05) is 30.3 Å². The number of aliphatic hydroxyl groups excluding tert-OH is 1. The van der Waals surface area contributed by atoms with Gasteiger partial charge < -0.3 is 14.9 Å². The predicted molar refractivity (Wildman–Crippen MR) is 91.7 cm³/mol. The summed E-state index contributed by atoms with van der Waals surface area (Å²) in [4.78, 5) is 24.3. The predicted octanol–water partition coefficient (Wildman–Crippen LogP) is 0.600. The van der Waals surface area contributed by atoms with Gasteiger partial charge in [-0.15, -0.1) is 0 Å². The van der Waals surface area contributed by atoms with Crippen LogP contribution < -0.4 is 4.90 Å². The van der Waals surface area contributed by atoms with Crippen molar-refractivity contribution >= 4 is 11.7 Å². The van der Waals surface area contributed by atoms with Crippen molar-refractivity contribution in [1.29, 1.82) is 5.26 Å². The molecule has 2 heterocycles. The summed E-state index contributed by atoms with van der Waals surface area (Å²) >= 11 is 0. The molecule has 0 bridgehead atoms. The van der Waals surface area contributed by atoms with Crippen LogP contribution in [0.2, 0.25) is 0 Å². The highest BCUT2D eigenvalue weighted by molar-refractivity contribution is 5.79. The van der Waals surface area contributed by atoms with Crippen LogP contribution in [0, 0.1) is 11.3 Å². The summed E-state index contributed by atoms with van der Waals surface area (Å²) in [6.45, 7) is 1.53. The highest BCUT2D eigenvalue weighted by Gasteiger charge is 2.26. The average Bonchev–Trinajstić information content (AvgIpc) is 2.84. The molecule has 7 heteroatoms. The van der Waals surface area contributed by atoms with E-state index in [1.165, 1.54) is 12.4 Å². The fourth-order valence-electron chi connectivity index (χ4n) is 2.93. The Morgan fingerprint density at radius 2 is 1.96 bits per heavy atom. The van der Waals surface area contributed by atoms with E-state index >= 15 is 0 Å². The maximum atomic E-state index is 12.5. The van der Waals surface area contributed by atoms with Crippen molar-refractivity contribution < 1.29 is 9.90 Å². The van der Waals surface area contributed by atoms with Crippen molar-refractivity contribution in [3.05, 3.63) is 54.0 Å². The number of anilines is 1. The highest BCUT2D eigenvalue weighted by Crippen LogP contribution is 2.17. The van der Waals surface area contributed by atoms with Gasteiger partial charge in [0.2, 0.25) is 5.91 Å². The molecule has 1 aromatic heterocycles. The summed E-state index contributed by atoms with van der Waals surface area (Å²) < 4.78 is 0. The van der Waals surface area contributed by atoms with Gasteiger partial charge in [-0.25, -0.2) is 9.97 Å². The van der Waals surface area contributed by atoms with Gasteiger partial charge in [0, 0.05) is 38.6 Å². The van der Waals surface area contributed by atoms with Gasteiger partial charge in [0.25, 0.3) is 0 Å². The molecule has 1 aliphatic heterocycles. The first-order valence-electron chi connectivity index (χ1n) is 8.13. The summed E-state index contributed by atoms with van der Waals surface area (Å²) in [5.74, 6) is 0.424. The van der Waals surface area contributed by atoms with Crippen molar-refractivity contribution in [3.63, 3.8) is 0 Å². The molecule has 0 spiro atoms. The molecule has 1 aromatic carbocycles. The lowest BCUT2D eigenvalue weighted by Gasteiger charge is -2.23. The lowest BCUT2D eigenvalue weighted by molar-refractivity contribution is -0.131. The third-order valence-electron chi connectivity index (χ3n) is 4.14. The number of amides is 1.